The second-order valence-corrected chi connectivity index (χ2v) is 8.80. The van der Waals surface area contributed by atoms with Crippen LogP contribution in [0.3, 0.4) is 0 Å². The van der Waals surface area contributed by atoms with Crippen LogP contribution in [0, 0.1) is 18.7 Å². The topological polar surface area (TPSA) is 98.8 Å². The van der Waals surface area contributed by atoms with E-state index in [-0.39, 0.29) is 50.6 Å². The Kier molecular flexibility index (Phi) is 7.07. The van der Waals surface area contributed by atoms with E-state index in [9.17, 15) is 22.4 Å². The molecule has 0 bridgehead atoms. The number of aryl methyl sites for hydroxylation is 1. The summed E-state index contributed by atoms with van der Waals surface area (Å²) >= 11 is 0. The molecule has 156 valence electrons. The zero-order valence-electron chi connectivity index (χ0n) is 15.7. The molecule has 8 nitrogen and oxygen atoms in total. The first kappa shape index (κ1) is 22.6. The van der Waals surface area contributed by atoms with Crippen LogP contribution in [0.2, 0.25) is 0 Å². The molecule has 0 aromatic heterocycles. The fraction of sp³-hybridized carbons (Fsp3) is 0.529. The van der Waals surface area contributed by atoms with Crippen molar-refractivity contribution in [1.82, 2.24) is 13.9 Å². The molecule has 2 fully saturated rings. The number of nitrogens with one attached hydrogen (secondary N) is 2. The van der Waals surface area contributed by atoms with Crippen LogP contribution in [-0.2, 0) is 19.8 Å². The third-order valence-electron chi connectivity index (χ3n) is 4.94. The molecular formula is C17H25FN4O4S2. The van der Waals surface area contributed by atoms with Crippen LogP contribution in [0.5, 0.6) is 0 Å². The third-order valence-corrected chi connectivity index (χ3v) is 6.59. The average molecular weight is 433 g/mol. The highest BCUT2D eigenvalue weighted by Crippen LogP contribution is 2.22. The first-order valence-electron chi connectivity index (χ1n) is 8.74. The van der Waals surface area contributed by atoms with E-state index in [4.69, 9.17) is 0 Å². The van der Waals surface area contributed by atoms with Gasteiger partial charge in [0.05, 0.1) is 5.92 Å². The van der Waals surface area contributed by atoms with Crippen molar-refractivity contribution >= 4 is 41.2 Å². The number of benzene rings is 1. The molecule has 28 heavy (non-hydrogen) atoms. The Bertz CT molecular complexity index is 865. The monoisotopic (exact) mass is 432 g/mol. The number of carbonyl (C=O) groups excluding carboxylic acids is 2. The van der Waals surface area contributed by atoms with Crippen LogP contribution in [-0.4, -0.2) is 62.2 Å². The van der Waals surface area contributed by atoms with E-state index in [1.165, 1.54) is 27.4 Å². The number of likely N-dealkylation sites (tertiary alicyclic amines) is 1. The van der Waals surface area contributed by atoms with Gasteiger partial charge in [-0.05, 0) is 37.1 Å². The second kappa shape index (κ2) is 8.76. The van der Waals surface area contributed by atoms with Crippen LogP contribution in [0.25, 0.3) is 0 Å². The predicted molar refractivity (Wildman–Crippen MR) is 108 cm³/mol. The zero-order chi connectivity index (χ0) is 19.8. The molecule has 2 saturated heterocycles. The Hall–Kier alpha value is -1.69. The van der Waals surface area contributed by atoms with Gasteiger partial charge in [0.1, 0.15) is 5.82 Å². The van der Waals surface area contributed by atoms with E-state index < -0.39 is 22.2 Å². The van der Waals surface area contributed by atoms with Crippen molar-refractivity contribution in [3.63, 3.8) is 0 Å². The van der Waals surface area contributed by atoms with Gasteiger partial charge >= 0.3 is 0 Å². The number of halogens is 1. The summed E-state index contributed by atoms with van der Waals surface area (Å²) < 4.78 is 42.1. The van der Waals surface area contributed by atoms with Crippen molar-refractivity contribution in [2.24, 2.45) is 5.92 Å². The van der Waals surface area contributed by atoms with E-state index in [0.717, 1.165) is 0 Å². The third kappa shape index (κ3) is 5.02. The van der Waals surface area contributed by atoms with E-state index in [0.29, 0.717) is 24.2 Å². The number of hydrogen-bond acceptors (Lipinski definition) is 4. The number of anilines is 1. The summed E-state index contributed by atoms with van der Waals surface area (Å²) in [6.45, 7) is 2.23. The number of carbonyl (C=O) groups is 2. The molecule has 0 spiro atoms. The minimum absolute atomic E-state index is 0. The maximum Gasteiger partial charge on any atom is 0.279 e. The number of likely N-dealkylation sites (N-methyl/N-ethyl adjacent to an activating group) is 1. The van der Waals surface area contributed by atoms with Gasteiger partial charge in [0.15, 0.2) is 0 Å². The summed E-state index contributed by atoms with van der Waals surface area (Å²) in [5.41, 5.74) is 0.898. The maximum atomic E-state index is 13.3. The van der Waals surface area contributed by atoms with Crippen LogP contribution in [0.4, 0.5) is 10.1 Å². The SMILES string of the molecule is Cc1cc(NC(=O)[C@H]2CCN(S(=O)(=O)NC3CC(=O)N(C)C3)C2)ccc1F.S. The van der Waals surface area contributed by atoms with Gasteiger partial charge in [-0.25, -0.2) is 4.39 Å². The van der Waals surface area contributed by atoms with Crippen molar-refractivity contribution in [3.8, 4) is 0 Å². The molecule has 0 radical (unpaired) electrons. The van der Waals surface area contributed by atoms with E-state index in [1.807, 2.05) is 0 Å². The van der Waals surface area contributed by atoms with Crippen molar-refractivity contribution in [2.45, 2.75) is 25.8 Å². The van der Waals surface area contributed by atoms with Crippen molar-refractivity contribution < 1.29 is 22.4 Å². The molecule has 1 unspecified atom stereocenters. The summed E-state index contributed by atoms with van der Waals surface area (Å²) in [5.74, 6) is -1.24. The van der Waals surface area contributed by atoms with Crippen molar-refractivity contribution in [3.05, 3.63) is 29.6 Å². The van der Waals surface area contributed by atoms with E-state index in [1.54, 1.807) is 14.0 Å². The minimum atomic E-state index is -3.77. The lowest BCUT2D eigenvalue weighted by molar-refractivity contribution is -0.126. The quantitative estimate of drug-likeness (QED) is 0.711. The van der Waals surface area contributed by atoms with Crippen LogP contribution in [0.1, 0.15) is 18.4 Å². The highest BCUT2D eigenvalue weighted by molar-refractivity contribution is 7.87. The van der Waals surface area contributed by atoms with Gasteiger partial charge in [0.2, 0.25) is 11.8 Å². The molecule has 2 atom stereocenters. The number of hydrogen-bond donors (Lipinski definition) is 2. The number of amides is 2. The first-order chi connectivity index (χ1) is 12.7. The molecule has 2 heterocycles. The smallest absolute Gasteiger partial charge is 0.279 e. The summed E-state index contributed by atoms with van der Waals surface area (Å²) in [7, 11) is -2.14. The Morgan fingerprint density at radius 3 is 2.61 bits per heavy atom. The van der Waals surface area contributed by atoms with Crippen LogP contribution >= 0.6 is 13.5 Å². The standard InChI is InChI=1S/C17H23FN4O4S.H2S/c1-11-7-13(3-4-15(11)18)19-17(24)12-5-6-22(9-12)27(25,26)20-14-8-16(23)21(2)10-14;/h3-4,7,12,14,20H,5-6,8-10H2,1-2H3,(H,19,24);1H2/t12-,14?;/m0./s1. The van der Waals surface area contributed by atoms with Gasteiger partial charge in [-0.15, -0.1) is 0 Å². The lowest BCUT2D eigenvalue weighted by atomic mass is 10.1. The Morgan fingerprint density at radius 2 is 2.00 bits per heavy atom. The molecular weight excluding hydrogens is 407 g/mol. The van der Waals surface area contributed by atoms with Gasteiger partial charge in [-0.1, -0.05) is 0 Å². The minimum Gasteiger partial charge on any atom is -0.344 e. The molecule has 0 saturated carbocycles. The Balaban J connectivity index is 0.00000280. The summed E-state index contributed by atoms with van der Waals surface area (Å²) in [4.78, 5) is 25.5. The fourth-order valence-electron chi connectivity index (χ4n) is 3.35. The van der Waals surface area contributed by atoms with Gasteiger partial charge in [-0.3, -0.25) is 9.59 Å². The first-order valence-corrected chi connectivity index (χ1v) is 10.2. The van der Waals surface area contributed by atoms with Crippen molar-refractivity contribution in [1.29, 1.82) is 0 Å². The molecule has 1 aromatic carbocycles. The van der Waals surface area contributed by atoms with Crippen LogP contribution in [0.15, 0.2) is 18.2 Å². The number of nitrogens with zero attached hydrogens (tertiary/aromatic N) is 2. The lowest BCUT2D eigenvalue weighted by Gasteiger charge is -2.20. The summed E-state index contributed by atoms with van der Waals surface area (Å²) in [5, 5.41) is 2.71. The summed E-state index contributed by atoms with van der Waals surface area (Å²) in [6.07, 6.45) is 0.536. The molecule has 11 heteroatoms. The zero-order valence-corrected chi connectivity index (χ0v) is 17.6. The second-order valence-electron chi connectivity index (χ2n) is 7.10. The van der Waals surface area contributed by atoms with Gasteiger partial charge < -0.3 is 10.2 Å². The molecule has 2 aliphatic rings. The highest BCUT2D eigenvalue weighted by Gasteiger charge is 2.38. The molecule has 2 amide bonds. The number of rotatable bonds is 5. The molecule has 0 aliphatic carbocycles. The average Bonchev–Trinajstić information content (AvgIpc) is 3.19. The highest BCUT2D eigenvalue weighted by atomic mass is 32.2. The predicted octanol–water partition coefficient (Wildman–Crippen LogP) is 0.572. The normalized spacial score (nSPS) is 23.0. The lowest BCUT2D eigenvalue weighted by Crippen LogP contribution is -2.45. The van der Waals surface area contributed by atoms with E-state index in [2.05, 4.69) is 10.0 Å². The van der Waals surface area contributed by atoms with Crippen molar-refractivity contribution in [2.75, 3.05) is 32.0 Å². The molecule has 1 aromatic rings. The van der Waals surface area contributed by atoms with Gasteiger partial charge in [0, 0.05) is 44.8 Å². The molecule has 2 aliphatic heterocycles. The van der Waals surface area contributed by atoms with Gasteiger partial charge in [0.25, 0.3) is 10.2 Å². The van der Waals surface area contributed by atoms with E-state index >= 15 is 0 Å². The molecule has 2 N–H and O–H groups in total. The van der Waals surface area contributed by atoms with Crippen LogP contribution < -0.4 is 10.0 Å². The Labute approximate surface area is 171 Å². The molecule has 3 rings (SSSR count). The summed E-state index contributed by atoms with van der Waals surface area (Å²) in [6, 6.07) is 3.83. The maximum absolute atomic E-state index is 13.3. The van der Waals surface area contributed by atoms with Gasteiger partial charge in [-0.2, -0.15) is 30.9 Å². The largest absolute Gasteiger partial charge is 0.344 e. The fourth-order valence-corrected chi connectivity index (χ4v) is 4.81. The Morgan fingerprint density at radius 1 is 1.29 bits per heavy atom.